The van der Waals surface area contributed by atoms with Gasteiger partial charge in [0.25, 0.3) is 0 Å². The van der Waals surface area contributed by atoms with E-state index in [1.54, 1.807) is 10.7 Å². The van der Waals surface area contributed by atoms with E-state index in [9.17, 15) is 0 Å². The second-order valence-electron chi connectivity index (χ2n) is 5.22. The highest BCUT2D eigenvalue weighted by atomic mass is 79.9. The molecular formula is C17H13BrCl2N4S. The predicted octanol–water partition coefficient (Wildman–Crippen LogP) is 5.81. The number of hydrogen-bond acceptors (Lipinski definition) is 2. The van der Waals surface area contributed by atoms with Gasteiger partial charge in [0.15, 0.2) is 10.9 Å². The van der Waals surface area contributed by atoms with Crippen LogP contribution in [0.2, 0.25) is 10.0 Å². The van der Waals surface area contributed by atoms with E-state index < -0.39 is 0 Å². The summed E-state index contributed by atoms with van der Waals surface area (Å²) in [5, 5.41) is 12.3. The molecule has 0 aliphatic rings. The van der Waals surface area contributed by atoms with Gasteiger partial charge in [0.05, 0.1) is 6.54 Å². The Morgan fingerprint density at radius 3 is 2.56 bits per heavy atom. The van der Waals surface area contributed by atoms with Crippen LogP contribution in [0.3, 0.4) is 0 Å². The van der Waals surface area contributed by atoms with Crippen molar-refractivity contribution in [2.24, 2.45) is 0 Å². The molecule has 0 bridgehead atoms. The van der Waals surface area contributed by atoms with Gasteiger partial charge in [0.1, 0.15) is 0 Å². The fraction of sp³-hybridized carbons (Fsp3) is 0.0588. The predicted molar refractivity (Wildman–Crippen MR) is 112 cm³/mol. The third-order valence-corrected chi connectivity index (χ3v) is 4.65. The zero-order valence-electron chi connectivity index (χ0n) is 12.8. The van der Waals surface area contributed by atoms with Crippen LogP contribution in [0.1, 0.15) is 5.56 Å². The second-order valence-corrected chi connectivity index (χ2v) is 7.39. The number of thiocarbonyl (C=S) groups is 1. The molecule has 0 spiro atoms. The number of anilines is 2. The van der Waals surface area contributed by atoms with Crippen LogP contribution in [-0.4, -0.2) is 14.9 Å². The first-order chi connectivity index (χ1) is 12.0. The fourth-order valence-corrected chi connectivity index (χ4v) is 3.11. The second kappa shape index (κ2) is 8.19. The highest BCUT2D eigenvalue weighted by molar-refractivity contribution is 9.10. The molecule has 4 nitrogen and oxygen atoms in total. The number of benzene rings is 2. The molecule has 0 amide bonds. The van der Waals surface area contributed by atoms with Crippen molar-refractivity contribution in [3.63, 3.8) is 0 Å². The molecule has 0 unspecified atom stereocenters. The Hall–Kier alpha value is -1.60. The molecule has 2 aromatic carbocycles. The molecule has 3 aromatic rings. The highest BCUT2D eigenvalue weighted by Crippen LogP contribution is 2.22. The van der Waals surface area contributed by atoms with E-state index in [0.717, 1.165) is 15.7 Å². The van der Waals surface area contributed by atoms with Gasteiger partial charge in [0, 0.05) is 32.5 Å². The Labute approximate surface area is 169 Å². The van der Waals surface area contributed by atoms with Crippen molar-refractivity contribution in [3.05, 3.63) is 74.8 Å². The summed E-state index contributed by atoms with van der Waals surface area (Å²) < 4.78 is 2.79. The molecule has 1 aromatic heterocycles. The Morgan fingerprint density at radius 1 is 1.08 bits per heavy atom. The summed E-state index contributed by atoms with van der Waals surface area (Å²) in [4.78, 5) is 0. The van der Waals surface area contributed by atoms with Crippen LogP contribution >= 0.6 is 51.3 Å². The van der Waals surface area contributed by atoms with Crippen molar-refractivity contribution in [2.45, 2.75) is 6.54 Å². The summed E-state index contributed by atoms with van der Waals surface area (Å²) in [6.45, 7) is 0.546. The van der Waals surface area contributed by atoms with Crippen molar-refractivity contribution in [2.75, 3.05) is 10.6 Å². The molecule has 25 heavy (non-hydrogen) atoms. The van der Waals surface area contributed by atoms with Gasteiger partial charge in [-0.15, -0.1) is 0 Å². The van der Waals surface area contributed by atoms with Crippen LogP contribution in [0, 0.1) is 0 Å². The van der Waals surface area contributed by atoms with E-state index in [0.29, 0.717) is 27.5 Å². The van der Waals surface area contributed by atoms with E-state index in [2.05, 4.69) is 31.7 Å². The maximum absolute atomic E-state index is 6.20. The Balaban J connectivity index is 1.61. The molecule has 128 valence electrons. The molecule has 2 N–H and O–H groups in total. The van der Waals surface area contributed by atoms with Crippen molar-refractivity contribution in [1.82, 2.24) is 9.78 Å². The smallest absolute Gasteiger partial charge is 0.176 e. The number of aromatic nitrogens is 2. The number of rotatable bonds is 4. The molecule has 3 rings (SSSR count). The molecule has 0 aliphatic heterocycles. The first-order valence-corrected chi connectivity index (χ1v) is 9.26. The average molecular weight is 456 g/mol. The van der Waals surface area contributed by atoms with Crippen LogP contribution in [0.15, 0.2) is 59.2 Å². The normalized spacial score (nSPS) is 10.5. The topological polar surface area (TPSA) is 41.9 Å². The number of nitrogens with one attached hydrogen (secondary N) is 2. The van der Waals surface area contributed by atoms with Crippen molar-refractivity contribution in [3.8, 4) is 0 Å². The Kier molecular flexibility index (Phi) is 5.96. The van der Waals surface area contributed by atoms with E-state index in [1.807, 2.05) is 48.7 Å². The Morgan fingerprint density at radius 2 is 1.84 bits per heavy atom. The number of halogens is 3. The molecule has 1 heterocycles. The lowest BCUT2D eigenvalue weighted by molar-refractivity contribution is 0.690. The lowest BCUT2D eigenvalue weighted by Gasteiger charge is -2.09. The summed E-state index contributed by atoms with van der Waals surface area (Å²) in [6, 6.07) is 15.0. The maximum Gasteiger partial charge on any atom is 0.176 e. The summed E-state index contributed by atoms with van der Waals surface area (Å²) in [5.41, 5.74) is 1.84. The van der Waals surface area contributed by atoms with E-state index in [-0.39, 0.29) is 0 Å². The fourth-order valence-electron chi connectivity index (χ4n) is 2.15. The van der Waals surface area contributed by atoms with Gasteiger partial charge in [0.2, 0.25) is 0 Å². The lowest BCUT2D eigenvalue weighted by atomic mass is 10.2. The molecule has 8 heteroatoms. The van der Waals surface area contributed by atoms with Crippen LogP contribution in [-0.2, 0) is 6.54 Å². The molecule has 0 radical (unpaired) electrons. The van der Waals surface area contributed by atoms with E-state index in [4.69, 9.17) is 35.4 Å². The monoisotopic (exact) mass is 454 g/mol. The molecular weight excluding hydrogens is 443 g/mol. The van der Waals surface area contributed by atoms with Gasteiger partial charge in [-0.25, -0.2) is 0 Å². The third-order valence-electron chi connectivity index (χ3n) is 3.33. The minimum atomic E-state index is 0.470. The average Bonchev–Trinajstić information content (AvgIpc) is 2.99. The van der Waals surface area contributed by atoms with Gasteiger partial charge in [-0.2, -0.15) is 5.10 Å². The molecule has 0 saturated heterocycles. The SMILES string of the molecule is S=C(Nc1ccc(Br)cc1)Nc1ccn(Cc2ccc(Cl)cc2Cl)n1. The lowest BCUT2D eigenvalue weighted by Crippen LogP contribution is -2.19. The van der Waals surface area contributed by atoms with Gasteiger partial charge in [-0.3, -0.25) is 4.68 Å². The van der Waals surface area contributed by atoms with Crippen molar-refractivity contribution < 1.29 is 0 Å². The standard InChI is InChI=1S/C17H13BrCl2N4S/c18-12-2-5-14(6-3-12)21-17(25)22-16-7-8-24(23-16)10-11-1-4-13(19)9-15(11)20/h1-9H,10H2,(H2,21,22,23,25). The maximum atomic E-state index is 6.20. The molecule has 0 fully saturated rings. The summed E-state index contributed by atoms with van der Waals surface area (Å²) in [5.74, 6) is 0.652. The quantitative estimate of drug-likeness (QED) is 0.487. The van der Waals surface area contributed by atoms with Crippen LogP contribution in [0.4, 0.5) is 11.5 Å². The number of hydrogen-bond donors (Lipinski definition) is 2. The van der Waals surface area contributed by atoms with E-state index >= 15 is 0 Å². The Bertz CT molecular complexity index is 896. The molecule has 0 aliphatic carbocycles. The minimum Gasteiger partial charge on any atom is -0.332 e. The van der Waals surface area contributed by atoms with Gasteiger partial charge < -0.3 is 10.6 Å². The van der Waals surface area contributed by atoms with Crippen molar-refractivity contribution in [1.29, 1.82) is 0 Å². The van der Waals surface area contributed by atoms with Gasteiger partial charge in [-0.1, -0.05) is 45.2 Å². The van der Waals surface area contributed by atoms with E-state index in [1.165, 1.54) is 0 Å². The molecule has 0 atom stereocenters. The zero-order chi connectivity index (χ0) is 17.8. The summed E-state index contributed by atoms with van der Waals surface area (Å²) in [6.07, 6.45) is 1.86. The summed E-state index contributed by atoms with van der Waals surface area (Å²) in [7, 11) is 0. The highest BCUT2D eigenvalue weighted by Gasteiger charge is 2.06. The van der Waals surface area contributed by atoms with Crippen LogP contribution < -0.4 is 10.6 Å². The number of nitrogens with zero attached hydrogens (tertiary/aromatic N) is 2. The summed E-state index contributed by atoms with van der Waals surface area (Å²) >= 11 is 20.8. The van der Waals surface area contributed by atoms with Crippen molar-refractivity contribution >= 4 is 68.0 Å². The first-order valence-electron chi connectivity index (χ1n) is 7.30. The first kappa shape index (κ1) is 18.2. The molecule has 0 saturated carbocycles. The van der Waals surface area contributed by atoms with Crippen LogP contribution in [0.5, 0.6) is 0 Å². The van der Waals surface area contributed by atoms with Crippen LogP contribution in [0.25, 0.3) is 0 Å². The van der Waals surface area contributed by atoms with Gasteiger partial charge in [-0.05, 0) is 54.2 Å². The largest absolute Gasteiger partial charge is 0.332 e. The van der Waals surface area contributed by atoms with Gasteiger partial charge >= 0.3 is 0 Å². The third kappa shape index (κ3) is 5.19. The minimum absolute atomic E-state index is 0.470. The zero-order valence-corrected chi connectivity index (χ0v) is 16.8.